The van der Waals surface area contributed by atoms with E-state index in [1.54, 1.807) is 18.5 Å². The Morgan fingerprint density at radius 2 is 2.05 bits per heavy atom. The molecule has 7 heteroatoms. The molecule has 1 aromatic heterocycles. The smallest absolute Gasteiger partial charge is 0.263 e. The van der Waals surface area contributed by atoms with Crippen molar-refractivity contribution in [3.8, 4) is 5.75 Å². The largest absolute Gasteiger partial charge is 0.479 e. The Morgan fingerprint density at radius 1 is 1.38 bits per heavy atom. The van der Waals surface area contributed by atoms with Gasteiger partial charge in [0.1, 0.15) is 5.75 Å². The molecule has 3 rings (SSSR count). The summed E-state index contributed by atoms with van der Waals surface area (Å²) >= 11 is 0. The van der Waals surface area contributed by atoms with Gasteiger partial charge in [0.2, 0.25) is 0 Å². The summed E-state index contributed by atoms with van der Waals surface area (Å²) in [5.74, 6) is 1.96. The van der Waals surface area contributed by atoms with Crippen LogP contribution >= 0.6 is 24.8 Å². The number of ether oxygens (including phenoxy) is 1. The number of pyridine rings is 1. The molecule has 5 nitrogen and oxygen atoms in total. The van der Waals surface area contributed by atoms with Gasteiger partial charge in [-0.25, -0.2) is 0 Å². The topological polar surface area (TPSA) is 54.5 Å². The highest BCUT2D eigenvalue weighted by Gasteiger charge is 2.39. The summed E-state index contributed by atoms with van der Waals surface area (Å²) in [6.45, 7) is 5.59. The minimum Gasteiger partial charge on any atom is -0.479 e. The lowest BCUT2D eigenvalue weighted by Crippen LogP contribution is -2.40. The average Bonchev–Trinajstić information content (AvgIpc) is 2.99. The fraction of sp³-hybridized carbons (Fsp3) is 0.571. The van der Waals surface area contributed by atoms with Crippen LogP contribution in [0.1, 0.15) is 6.92 Å². The fourth-order valence-electron chi connectivity index (χ4n) is 2.96. The van der Waals surface area contributed by atoms with Crippen molar-refractivity contribution in [1.29, 1.82) is 0 Å². The Kier molecular flexibility index (Phi) is 6.71. The van der Waals surface area contributed by atoms with E-state index >= 15 is 0 Å². The Morgan fingerprint density at radius 3 is 2.62 bits per heavy atom. The third kappa shape index (κ3) is 3.99. The van der Waals surface area contributed by atoms with E-state index in [1.165, 1.54) is 0 Å². The van der Waals surface area contributed by atoms with Crippen LogP contribution in [-0.2, 0) is 4.79 Å². The van der Waals surface area contributed by atoms with Crippen molar-refractivity contribution in [2.45, 2.75) is 13.0 Å². The van der Waals surface area contributed by atoms with Crippen molar-refractivity contribution < 1.29 is 9.53 Å². The molecule has 2 aliphatic heterocycles. The van der Waals surface area contributed by atoms with Crippen LogP contribution < -0.4 is 10.1 Å². The summed E-state index contributed by atoms with van der Waals surface area (Å²) < 4.78 is 5.64. The lowest BCUT2D eigenvalue weighted by Gasteiger charge is -2.22. The summed E-state index contributed by atoms with van der Waals surface area (Å²) in [6, 6.07) is 3.62. The van der Waals surface area contributed by atoms with Gasteiger partial charge in [-0.1, -0.05) is 0 Å². The van der Waals surface area contributed by atoms with Gasteiger partial charge in [0.25, 0.3) is 5.91 Å². The number of fused-ring (bicyclic) bond motifs is 1. The Bertz CT molecular complexity index is 449. The summed E-state index contributed by atoms with van der Waals surface area (Å²) in [7, 11) is 0. The first-order valence-electron chi connectivity index (χ1n) is 6.80. The number of amides is 1. The molecular formula is C14H21Cl2N3O2. The number of carbonyl (C=O) groups is 1. The number of hydrogen-bond donors (Lipinski definition) is 1. The molecule has 0 saturated carbocycles. The number of likely N-dealkylation sites (tertiary alicyclic amines) is 1. The molecule has 118 valence electrons. The molecular weight excluding hydrogens is 313 g/mol. The monoisotopic (exact) mass is 333 g/mol. The van der Waals surface area contributed by atoms with Crippen molar-refractivity contribution >= 4 is 30.7 Å². The lowest BCUT2D eigenvalue weighted by atomic mass is 10.0. The first-order chi connectivity index (χ1) is 9.24. The predicted octanol–water partition coefficient (Wildman–Crippen LogP) is 1.37. The van der Waals surface area contributed by atoms with Crippen LogP contribution in [-0.4, -0.2) is 48.1 Å². The van der Waals surface area contributed by atoms with Crippen molar-refractivity contribution in [2.75, 3.05) is 26.2 Å². The molecule has 1 aromatic rings. The van der Waals surface area contributed by atoms with Crippen LogP contribution in [0.4, 0.5) is 0 Å². The molecule has 0 aromatic carbocycles. The molecule has 3 heterocycles. The number of aromatic nitrogens is 1. The highest BCUT2D eigenvalue weighted by Crippen LogP contribution is 2.27. The molecule has 0 radical (unpaired) electrons. The van der Waals surface area contributed by atoms with Crippen LogP contribution in [0.15, 0.2) is 24.5 Å². The second-order valence-electron chi connectivity index (χ2n) is 5.37. The Hall–Kier alpha value is -1.04. The molecule has 2 aliphatic rings. The number of carbonyl (C=O) groups excluding carboxylic acids is 1. The highest BCUT2D eigenvalue weighted by molar-refractivity contribution is 5.85. The van der Waals surface area contributed by atoms with Crippen LogP contribution in [0.25, 0.3) is 0 Å². The molecule has 21 heavy (non-hydrogen) atoms. The van der Waals surface area contributed by atoms with Crippen molar-refractivity contribution in [3.05, 3.63) is 24.5 Å². The van der Waals surface area contributed by atoms with Gasteiger partial charge in [-0.05, 0) is 30.9 Å². The van der Waals surface area contributed by atoms with Gasteiger partial charge in [0.05, 0.1) is 6.20 Å². The van der Waals surface area contributed by atoms with Crippen molar-refractivity contribution in [2.24, 2.45) is 11.8 Å². The van der Waals surface area contributed by atoms with E-state index in [2.05, 4.69) is 10.3 Å². The normalized spacial score (nSPS) is 24.5. The molecule has 1 unspecified atom stereocenters. The molecule has 1 amide bonds. The van der Waals surface area contributed by atoms with Crippen molar-refractivity contribution in [3.63, 3.8) is 0 Å². The van der Waals surface area contributed by atoms with E-state index in [0.29, 0.717) is 17.6 Å². The quantitative estimate of drug-likeness (QED) is 0.907. The first-order valence-corrected chi connectivity index (χ1v) is 6.80. The molecule has 2 fully saturated rings. The third-order valence-corrected chi connectivity index (χ3v) is 4.00. The number of rotatable bonds is 3. The maximum Gasteiger partial charge on any atom is 0.263 e. The predicted molar refractivity (Wildman–Crippen MR) is 85.3 cm³/mol. The van der Waals surface area contributed by atoms with E-state index in [1.807, 2.05) is 17.9 Å². The molecule has 0 bridgehead atoms. The third-order valence-electron chi connectivity index (χ3n) is 4.00. The zero-order chi connectivity index (χ0) is 13.2. The van der Waals surface area contributed by atoms with Gasteiger partial charge in [-0.2, -0.15) is 0 Å². The van der Waals surface area contributed by atoms with Gasteiger partial charge in [0, 0.05) is 32.4 Å². The summed E-state index contributed by atoms with van der Waals surface area (Å²) in [5.41, 5.74) is 0. The SMILES string of the molecule is CC(Oc1cccnc1)C(=O)N1C[C@H]2CNC[C@H]2C1.Cl.Cl. The molecule has 1 N–H and O–H groups in total. The van der Waals surface area contributed by atoms with E-state index in [-0.39, 0.29) is 30.7 Å². The van der Waals surface area contributed by atoms with E-state index < -0.39 is 6.10 Å². The minimum atomic E-state index is -0.448. The van der Waals surface area contributed by atoms with Gasteiger partial charge in [-0.3, -0.25) is 9.78 Å². The maximum atomic E-state index is 12.3. The van der Waals surface area contributed by atoms with E-state index in [0.717, 1.165) is 26.2 Å². The van der Waals surface area contributed by atoms with E-state index in [4.69, 9.17) is 4.74 Å². The Balaban J connectivity index is 0.00000110. The number of nitrogens with one attached hydrogen (secondary N) is 1. The molecule has 0 aliphatic carbocycles. The van der Waals surface area contributed by atoms with Crippen LogP contribution in [0.3, 0.4) is 0 Å². The lowest BCUT2D eigenvalue weighted by molar-refractivity contribution is -0.137. The molecule has 2 saturated heterocycles. The Labute approximate surface area is 137 Å². The summed E-state index contributed by atoms with van der Waals surface area (Å²) in [6.07, 6.45) is 2.87. The van der Waals surface area contributed by atoms with Crippen molar-refractivity contribution in [1.82, 2.24) is 15.2 Å². The second-order valence-corrected chi connectivity index (χ2v) is 5.37. The number of halogens is 2. The van der Waals surface area contributed by atoms with Crippen LogP contribution in [0.5, 0.6) is 5.75 Å². The number of hydrogen-bond acceptors (Lipinski definition) is 4. The van der Waals surface area contributed by atoms with Gasteiger partial charge >= 0.3 is 0 Å². The standard InChI is InChI=1S/C14H19N3O2.2ClH/c1-10(19-13-3-2-4-15-7-13)14(18)17-8-11-5-16-6-12(11)9-17;;/h2-4,7,10-12,16H,5-6,8-9H2,1H3;2*1H/t10?,11-,12+;;. The summed E-state index contributed by atoms with van der Waals surface area (Å²) in [5, 5.41) is 3.38. The average molecular weight is 334 g/mol. The van der Waals surface area contributed by atoms with Gasteiger partial charge in [-0.15, -0.1) is 24.8 Å². The summed E-state index contributed by atoms with van der Waals surface area (Å²) in [4.78, 5) is 18.3. The first kappa shape index (κ1) is 18.0. The molecule has 3 atom stereocenters. The zero-order valence-corrected chi connectivity index (χ0v) is 13.5. The van der Waals surface area contributed by atoms with Crippen LogP contribution in [0, 0.1) is 11.8 Å². The number of nitrogens with zero attached hydrogens (tertiary/aromatic N) is 2. The van der Waals surface area contributed by atoms with Gasteiger partial charge < -0.3 is 15.0 Å². The molecule has 0 spiro atoms. The minimum absolute atomic E-state index is 0. The fourth-order valence-corrected chi connectivity index (χ4v) is 2.96. The van der Waals surface area contributed by atoms with E-state index in [9.17, 15) is 4.79 Å². The van der Waals surface area contributed by atoms with Crippen LogP contribution in [0.2, 0.25) is 0 Å². The zero-order valence-electron chi connectivity index (χ0n) is 11.9. The second kappa shape index (κ2) is 7.82. The van der Waals surface area contributed by atoms with Gasteiger partial charge in [0.15, 0.2) is 6.10 Å². The highest BCUT2D eigenvalue weighted by atomic mass is 35.5. The maximum absolute atomic E-state index is 12.3.